The molecule has 4 heteroatoms. The van der Waals surface area contributed by atoms with Gasteiger partial charge in [0.2, 0.25) is 0 Å². The minimum Gasteiger partial charge on any atom is 0 e. The van der Waals surface area contributed by atoms with Crippen LogP contribution in [0.2, 0.25) is 0 Å². The van der Waals surface area contributed by atoms with Gasteiger partial charge in [-0.15, -0.1) is 0 Å². The summed E-state index contributed by atoms with van der Waals surface area (Å²) in [5, 5.41) is 0. The Morgan fingerprint density at radius 3 is 1.25 bits per heavy atom. The van der Waals surface area contributed by atoms with Crippen LogP contribution in [0.15, 0.2) is 0 Å². The van der Waals surface area contributed by atoms with Crippen molar-refractivity contribution in [3.63, 3.8) is 0 Å². The van der Waals surface area contributed by atoms with Crippen LogP contribution in [0.25, 0.3) is 0 Å². The van der Waals surface area contributed by atoms with Crippen LogP contribution in [-0.4, -0.2) is 0 Å². The van der Waals surface area contributed by atoms with E-state index in [0.29, 0.717) is 0 Å². The first-order chi connectivity index (χ1) is 1.41. The Morgan fingerprint density at radius 1 is 1.25 bits per heavy atom. The van der Waals surface area contributed by atoms with Crippen LogP contribution in [0, 0.1) is 0 Å². The molecule has 0 aromatic rings. The maximum Gasteiger partial charge on any atom is 0 e. The molecule has 0 amide bonds. The van der Waals surface area contributed by atoms with Gasteiger partial charge in [0.15, 0.2) is 0 Å². The fourth-order valence-electron chi connectivity index (χ4n) is 0. The summed E-state index contributed by atoms with van der Waals surface area (Å²) in [4.78, 5) is 0. The average Bonchev–Trinajstić information content (AvgIpc) is 0.918. The van der Waals surface area contributed by atoms with E-state index in [-0.39, 0.29) is 20.1 Å². The van der Waals surface area contributed by atoms with Crippen molar-refractivity contribution in [3.8, 4) is 0 Å². The Balaban J connectivity index is 0. The maximum atomic E-state index is 8.50. The molecule has 23 valence electrons. The van der Waals surface area contributed by atoms with Gasteiger partial charge in [-0.3, -0.25) is 0 Å². The zero-order valence-electron chi connectivity index (χ0n) is 1.69. The summed E-state index contributed by atoms with van der Waals surface area (Å²) in [6.07, 6.45) is 0. The fourth-order valence-corrected chi connectivity index (χ4v) is 0. The second-order valence-corrected chi connectivity index (χ2v) is 0.344. The van der Waals surface area contributed by atoms with Crippen molar-refractivity contribution in [1.29, 1.82) is 0 Å². The molecule has 0 heterocycles. The summed E-state index contributed by atoms with van der Waals surface area (Å²) in [5.74, 6) is 0. The Bertz CT molecular complexity index is 27.0. The third-order valence-corrected chi connectivity index (χ3v) is 0. The van der Waals surface area contributed by atoms with Gasteiger partial charge >= 0.3 is 25.7 Å². The normalized spacial score (nSPS) is 2.00. The molecule has 4 heavy (non-hydrogen) atoms. The molecule has 0 fully saturated rings. The second-order valence-electron chi connectivity index (χ2n) is 0.0833. The molecule has 0 aliphatic rings. The summed E-state index contributed by atoms with van der Waals surface area (Å²) in [6.45, 7) is 0. The fraction of sp³-hybridized carbons (Fsp3) is 0. The number of hydrogen-bond donors (Lipinski definition) is 0. The van der Waals surface area contributed by atoms with Gasteiger partial charge in [0, 0.05) is 20.1 Å². The van der Waals surface area contributed by atoms with Crippen molar-refractivity contribution in [1.82, 2.24) is 0 Å². The van der Waals surface area contributed by atoms with E-state index in [9.17, 15) is 0 Å². The first kappa shape index (κ1) is 8.88. The molecule has 0 bridgehead atoms. The molecule has 0 saturated carbocycles. The predicted molar refractivity (Wildman–Crippen MR) is 1.37 cm³/mol. The summed E-state index contributed by atoms with van der Waals surface area (Å²) in [7, 11) is 0. The topological polar surface area (TPSA) is 34.1 Å². The molecule has 0 aromatic carbocycles. The molecule has 0 unspecified atom stereocenters. The van der Waals surface area contributed by atoms with Gasteiger partial charge in [0.1, 0.15) is 0 Å². The van der Waals surface area contributed by atoms with Crippen molar-refractivity contribution < 1.29 is 45.8 Å². The Hall–Kier alpha value is 0.964. The maximum absolute atomic E-state index is 8.50. The van der Waals surface area contributed by atoms with Crippen LogP contribution in [0.1, 0.15) is 0 Å². The first-order valence-corrected chi connectivity index (χ1v) is 1.68. The van der Waals surface area contributed by atoms with E-state index in [4.69, 9.17) is 6.65 Å². The van der Waals surface area contributed by atoms with E-state index < -0.39 is 19.1 Å². The largest absolute Gasteiger partial charge is 0 e. The summed E-state index contributed by atoms with van der Waals surface area (Å²) in [5.41, 5.74) is 0. The molecular formula is O2TcTi. The third-order valence-electron chi connectivity index (χ3n) is 0. The first-order valence-electron chi connectivity index (χ1n) is 0.408. The summed E-state index contributed by atoms with van der Waals surface area (Å²) >= 11 is -2.00. The smallest absolute Gasteiger partial charge is 0 e. The minimum absolute atomic E-state index is 0. The molecule has 0 N–H and O–H groups in total. The molecule has 0 saturated heterocycles. The molecule has 0 aliphatic heterocycles. The molecule has 0 spiro atoms. The monoisotopic (exact) mass is 177 g/mol. The quantitative estimate of drug-likeness (QED) is 0.479. The van der Waals surface area contributed by atoms with Crippen LogP contribution in [0.5, 0.6) is 0 Å². The number of hydrogen-bond acceptors (Lipinski definition) is 2. The van der Waals surface area contributed by atoms with E-state index in [2.05, 4.69) is 0 Å². The van der Waals surface area contributed by atoms with Crippen LogP contribution in [0.3, 0.4) is 0 Å². The summed E-state index contributed by atoms with van der Waals surface area (Å²) in [6, 6.07) is 0. The van der Waals surface area contributed by atoms with Crippen molar-refractivity contribution in [2.75, 3.05) is 0 Å². The van der Waals surface area contributed by atoms with E-state index in [0.717, 1.165) is 0 Å². The Kier molecular flexibility index (Phi) is 20.0. The molecule has 0 atom stereocenters. The van der Waals surface area contributed by atoms with Crippen molar-refractivity contribution in [2.24, 2.45) is 0 Å². The van der Waals surface area contributed by atoms with Crippen molar-refractivity contribution in [3.05, 3.63) is 0 Å². The van der Waals surface area contributed by atoms with Gasteiger partial charge in [0.05, 0.1) is 0 Å². The van der Waals surface area contributed by atoms with E-state index in [1.54, 1.807) is 0 Å². The Morgan fingerprint density at radius 2 is 1.25 bits per heavy atom. The van der Waals surface area contributed by atoms with E-state index in [1.807, 2.05) is 0 Å². The van der Waals surface area contributed by atoms with Crippen molar-refractivity contribution >= 4 is 0 Å². The zero-order chi connectivity index (χ0) is 2.71. The van der Waals surface area contributed by atoms with E-state index >= 15 is 0 Å². The SMILES string of the molecule is [O]=[Ti]=[O].[Tc]. The van der Waals surface area contributed by atoms with Gasteiger partial charge in [-0.05, 0) is 0 Å². The van der Waals surface area contributed by atoms with Gasteiger partial charge < -0.3 is 0 Å². The van der Waals surface area contributed by atoms with Gasteiger partial charge in [-0.2, -0.15) is 0 Å². The van der Waals surface area contributed by atoms with Crippen LogP contribution in [0.4, 0.5) is 0 Å². The van der Waals surface area contributed by atoms with Gasteiger partial charge in [-0.1, -0.05) is 0 Å². The molecule has 2 nitrogen and oxygen atoms in total. The average molecular weight is 178 g/mol. The number of rotatable bonds is 0. The van der Waals surface area contributed by atoms with Crippen LogP contribution < -0.4 is 0 Å². The standard InChI is InChI=1S/2O.Tc.Ti. The molecule has 0 aliphatic carbocycles. The second kappa shape index (κ2) is 9.03. The molecule has 0 aromatic heterocycles. The molecule has 1 radical (unpaired) electrons. The zero-order valence-corrected chi connectivity index (χ0v) is 5.11. The Labute approximate surface area is 45.9 Å². The molecule has 0 rings (SSSR count). The minimum atomic E-state index is -2.00. The predicted octanol–water partition coefficient (Wildman–Crippen LogP) is -0.243. The molecular weight excluding hydrogens is 178 g/mol. The van der Waals surface area contributed by atoms with Crippen LogP contribution in [-0.2, 0) is 45.8 Å². The van der Waals surface area contributed by atoms with Gasteiger partial charge in [-0.25, -0.2) is 0 Å². The third kappa shape index (κ3) is 12.3. The van der Waals surface area contributed by atoms with Crippen LogP contribution >= 0.6 is 0 Å². The summed E-state index contributed by atoms with van der Waals surface area (Å²) < 4.78 is 17.0. The van der Waals surface area contributed by atoms with E-state index in [1.165, 1.54) is 0 Å². The van der Waals surface area contributed by atoms with Crippen molar-refractivity contribution in [2.45, 2.75) is 0 Å². The van der Waals surface area contributed by atoms with Gasteiger partial charge in [0.25, 0.3) is 0 Å².